The highest BCUT2D eigenvalue weighted by atomic mass is 35.5. The molecule has 2 amide bonds. The Morgan fingerprint density at radius 2 is 1.53 bits per heavy atom. The zero-order valence-electron chi connectivity index (χ0n) is 18.1. The summed E-state index contributed by atoms with van der Waals surface area (Å²) < 4.78 is 0. The van der Waals surface area contributed by atoms with Crippen LogP contribution in [0.5, 0.6) is 0 Å². The molecular formula is C26H26Cl2N2O2. The van der Waals surface area contributed by atoms with Gasteiger partial charge in [-0.05, 0) is 35.7 Å². The van der Waals surface area contributed by atoms with Crippen molar-refractivity contribution in [2.45, 2.75) is 32.4 Å². The monoisotopic (exact) mass is 468 g/mol. The van der Waals surface area contributed by atoms with Gasteiger partial charge in [-0.2, -0.15) is 0 Å². The van der Waals surface area contributed by atoms with E-state index >= 15 is 0 Å². The van der Waals surface area contributed by atoms with Crippen LogP contribution in [0, 0.1) is 6.92 Å². The number of nitrogens with one attached hydrogen (secondary N) is 1. The van der Waals surface area contributed by atoms with E-state index in [1.165, 1.54) is 0 Å². The molecule has 32 heavy (non-hydrogen) atoms. The fraction of sp³-hybridized carbons (Fsp3) is 0.231. The Hall–Kier alpha value is -2.82. The third-order valence-electron chi connectivity index (χ3n) is 5.33. The lowest BCUT2D eigenvalue weighted by atomic mass is 10.0. The molecule has 0 aliphatic rings. The van der Waals surface area contributed by atoms with Gasteiger partial charge in [0.15, 0.2) is 0 Å². The van der Waals surface area contributed by atoms with Crippen molar-refractivity contribution in [3.05, 3.63) is 105 Å². The topological polar surface area (TPSA) is 49.4 Å². The lowest BCUT2D eigenvalue weighted by molar-refractivity contribution is -0.140. The molecule has 6 heteroatoms. The molecule has 1 N–H and O–H groups in total. The summed E-state index contributed by atoms with van der Waals surface area (Å²) in [5.74, 6) is -0.351. The minimum absolute atomic E-state index is 0.135. The molecule has 4 nitrogen and oxygen atoms in total. The largest absolute Gasteiger partial charge is 0.357 e. The Morgan fingerprint density at radius 3 is 2.16 bits per heavy atom. The summed E-state index contributed by atoms with van der Waals surface area (Å²) in [5.41, 5.74) is 3.80. The average Bonchev–Trinajstić information content (AvgIpc) is 2.80. The molecule has 0 radical (unpaired) electrons. The van der Waals surface area contributed by atoms with E-state index in [4.69, 9.17) is 23.2 Å². The molecule has 0 fully saturated rings. The molecule has 166 valence electrons. The molecule has 1 atom stereocenters. The number of carbonyl (C=O) groups excluding carboxylic acids is 2. The first-order valence-electron chi connectivity index (χ1n) is 10.4. The summed E-state index contributed by atoms with van der Waals surface area (Å²) >= 11 is 12.3. The van der Waals surface area contributed by atoms with Crippen molar-refractivity contribution in [3.63, 3.8) is 0 Å². The summed E-state index contributed by atoms with van der Waals surface area (Å²) in [5, 5.41) is 3.57. The number of nitrogens with zero attached hydrogens (tertiary/aromatic N) is 1. The minimum Gasteiger partial charge on any atom is -0.357 e. The van der Waals surface area contributed by atoms with Gasteiger partial charge in [-0.15, -0.1) is 0 Å². The molecule has 1 unspecified atom stereocenters. The van der Waals surface area contributed by atoms with Gasteiger partial charge in [0.25, 0.3) is 0 Å². The number of rotatable bonds is 8. The van der Waals surface area contributed by atoms with Crippen molar-refractivity contribution in [2.75, 3.05) is 7.05 Å². The maximum absolute atomic E-state index is 13.5. The number of hydrogen-bond donors (Lipinski definition) is 1. The fourth-order valence-electron chi connectivity index (χ4n) is 3.54. The predicted octanol–water partition coefficient (Wildman–Crippen LogP) is 5.23. The lowest BCUT2D eigenvalue weighted by Crippen LogP contribution is -2.50. The van der Waals surface area contributed by atoms with Crippen LogP contribution in [0.1, 0.15) is 22.3 Å². The second-order valence-corrected chi connectivity index (χ2v) is 8.57. The highest BCUT2D eigenvalue weighted by Crippen LogP contribution is 2.24. The van der Waals surface area contributed by atoms with E-state index in [9.17, 15) is 9.59 Å². The molecule has 0 aliphatic carbocycles. The Morgan fingerprint density at radius 1 is 0.875 bits per heavy atom. The predicted molar refractivity (Wildman–Crippen MR) is 130 cm³/mol. The Balaban J connectivity index is 1.94. The van der Waals surface area contributed by atoms with E-state index in [1.807, 2.05) is 67.6 Å². The third-order valence-corrected chi connectivity index (χ3v) is 6.07. The Kier molecular flexibility index (Phi) is 8.32. The standard InChI is InChI=1S/C26H26Cl2N2O2/c1-18-8-10-20(11-9-18)16-25(31)30(17-21-12-13-22(27)23(28)14-21)24(26(32)29-2)15-19-6-4-3-5-7-19/h3-14,24H,15-17H2,1-2H3,(H,29,32). The quantitative estimate of drug-likeness (QED) is 0.491. The van der Waals surface area contributed by atoms with E-state index in [0.717, 1.165) is 22.3 Å². The molecule has 0 saturated carbocycles. The molecule has 0 spiro atoms. The first kappa shape index (κ1) is 23.8. The molecule has 3 aromatic carbocycles. The smallest absolute Gasteiger partial charge is 0.242 e. The van der Waals surface area contributed by atoms with E-state index in [2.05, 4.69) is 5.32 Å². The van der Waals surface area contributed by atoms with E-state index in [1.54, 1.807) is 24.1 Å². The van der Waals surface area contributed by atoms with Gasteiger partial charge in [0.1, 0.15) is 6.04 Å². The van der Waals surface area contributed by atoms with Gasteiger partial charge in [0.05, 0.1) is 16.5 Å². The highest BCUT2D eigenvalue weighted by Gasteiger charge is 2.30. The van der Waals surface area contributed by atoms with E-state index < -0.39 is 6.04 Å². The zero-order valence-corrected chi connectivity index (χ0v) is 19.7. The van der Waals surface area contributed by atoms with Gasteiger partial charge in [-0.25, -0.2) is 0 Å². The van der Waals surface area contributed by atoms with Gasteiger partial charge >= 0.3 is 0 Å². The average molecular weight is 469 g/mol. The first-order chi connectivity index (χ1) is 15.4. The van der Waals surface area contributed by atoms with Crippen LogP contribution in [0.3, 0.4) is 0 Å². The van der Waals surface area contributed by atoms with Crippen LogP contribution in [0.25, 0.3) is 0 Å². The van der Waals surface area contributed by atoms with Crippen LogP contribution < -0.4 is 5.32 Å². The Labute approximate surface area is 199 Å². The normalized spacial score (nSPS) is 11.6. The van der Waals surface area contributed by atoms with Crippen LogP contribution in [0.4, 0.5) is 0 Å². The van der Waals surface area contributed by atoms with E-state index in [0.29, 0.717) is 16.5 Å². The summed E-state index contributed by atoms with van der Waals surface area (Å²) in [6.07, 6.45) is 0.603. The first-order valence-corrected chi connectivity index (χ1v) is 11.2. The van der Waals surface area contributed by atoms with Gasteiger partial charge in [-0.1, -0.05) is 89.4 Å². The lowest BCUT2D eigenvalue weighted by Gasteiger charge is -2.31. The third kappa shape index (κ3) is 6.35. The van der Waals surface area contributed by atoms with Crippen molar-refractivity contribution in [1.82, 2.24) is 10.2 Å². The number of likely N-dealkylation sites (N-methyl/N-ethyl adjacent to an activating group) is 1. The van der Waals surface area contributed by atoms with Crippen LogP contribution >= 0.6 is 23.2 Å². The number of hydrogen-bond acceptors (Lipinski definition) is 2. The van der Waals surface area contributed by atoms with Crippen molar-refractivity contribution < 1.29 is 9.59 Å². The van der Waals surface area contributed by atoms with Crippen molar-refractivity contribution in [2.24, 2.45) is 0 Å². The maximum atomic E-state index is 13.5. The fourth-order valence-corrected chi connectivity index (χ4v) is 3.86. The molecule has 0 bridgehead atoms. The molecule has 3 aromatic rings. The summed E-state index contributed by atoms with van der Waals surface area (Å²) in [6.45, 7) is 2.25. The molecular weight excluding hydrogens is 443 g/mol. The van der Waals surface area contributed by atoms with Gasteiger partial charge in [0.2, 0.25) is 11.8 Å². The molecule has 0 aromatic heterocycles. The van der Waals surface area contributed by atoms with Crippen molar-refractivity contribution in [3.8, 4) is 0 Å². The number of aryl methyl sites for hydroxylation is 1. The van der Waals surface area contributed by atoms with Crippen LogP contribution in [0.2, 0.25) is 10.0 Å². The summed E-state index contributed by atoms with van der Waals surface area (Å²) in [7, 11) is 1.59. The van der Waals surface area contributed by atoms with E-state index in [-0.39, 0.29) is 24.8 Å². The molecule has 3 rings (SSSR count). The van der Waals surface area contributed by atoms with Crippen molar-refractivity contribution >= 4 is 35.0 Å². The number of amides is 2. The maximum Gasteiger partial charge on any atom is 0.242 e. The SMILES string of the molecule is CNC(=O)C(Cc1ccccc1)N(Cc1ccc(Cl)c(Cl)c1)C(=O)Cc1ccc(C)cc1. The summed E-state index contributed by atoms with van der Waals surface area (Å²) in [4.78, 5) is 28.0. The van der Waals surface area contributed by atoms with Gasteiger partial charge in [0, 0.05) is 20.0 Å². The Bertz CT molecular complexity index is 1070. The molecule has 0 saturated heterocycles. The second kappa shape index (κ2) is 11.2. The minimum atomic E-state index is -0.671. The molecule has 0 aliphatic heterocycles. The number of halogens is 2. The van der Waals surface area contributed by atoms with Crippen molar-refractivity contribution in [1.29, 1.82) is 0 Å². The van der Waals surface area contributed by atoms with Gasteiger partial charge < -0.3 is 10.2 Å². The van der Waals surface area contributed by atoms with Crippen LogP contribution in [0.15, 0.2) is 72.8 Å². The van der Waals surface area contributed by atoms with Gasteiger partial charge in [-0.3, -0.25) is 9.59 Å². The van der Waals surface area contributed by atoms with Crippen LogP contribution in [-0.4, -0.2) is 29.8 Å². The summed E-state index contributed by atoms with van der Waals surface area (Å²) in [6, 6.07) is 22.1. The number of benzene rings is 3. The second-order valence-electron chi connectivity index (χ2n) is 7.75. The highest BCUT2D eigenvalue weighted by molar-refractivity contribution is 6.42. The number of carbonyl (C=O) groups is 2. The van der Waals surface area contributed by atoms with Crippen LogP contribution in [-0.2, 0) is 29.0 Å². The zero-order chi connectivity index (χ0) is 23.1. The molecule has 0 heterocycles.